The third-order valence-corrected chi connectivity index (χ3v) is 5.64. The highest BCUT2D eigenvalue weighted by Gasteiger charge is 2.17. The first kappa shape index (κ1) is 19.8. The van der Waals surface area contributed by atoms with Crippen molar-refractivity contribution < 1.29 is 4.79 Å². The van der Waals surface area contributed by atoms with Gasteiger partial charge in [-0.15, -0.1) is 0 Å². The molecule has 1 heterocycles. The van der Waals surface area contributed by atoms with Gasteiger partial charge in [0.15, 0.2) is 6.29 Å². The third kappa shape index (κ3) is 3.82. The number of carbonyl (C=O) groups is 1. The molecule has 1 aromatic heterocycles. The van der Waals surface area contributed by atoms with Crippen LogP contribution in [0.2, 0.25) is 30.1 Å². The molecule has 0 radical (unpaired) electrons. The molecule has 0 N–H and O–H groups in total. The second-order valence-corrected chi connectivity index (χ2v) is 7.72. The number of pyridine rings is 1. The van der Waals surface area contributed by atoms with Crippen LogP contribution in [0, 0.1) is 0 Å². The van der Waals surface area contributed by atoms with Gasteiger partial charge in [-0.05, 0) is 30.3 Å². The number of hydrogen-bond donors (Lipinski definition) is 0. The summed E-state index contributed by atoms with van der Waals surface area (Å²) in [6, 6.07) is 7.90. The van der Waals surface area contributed by atoms with Crippen molar-refractivity contribution in [1.82, 2.24) is 4.98 Å². The lowest BCUT2D eigenvalue weighted by Gasteiger charge is -2.12. The molecule has 0 fully saturated rings. The van der Waals surface area contributed by atoms with Crippen molar-refractivity contribution in [2.75, 3.05) is 0 Å². The van der Waals surface area contributed by atoms with Gasteiger partial charge in [0.1, 0.15) is 0 Å². The molecule has 0 saturated carbocycles. The van der Waals surface area contributed by atoms with Crippen LogP contribution in [0.4, 0.5) is 0 Å². The molecule has 0 aliphatic carbocycles. The van der Waals surface area contributed by atoms with Crippen molar-refractivity contribution in [3.05, 3.63) is 72.2 Å². The van der Waals surface area contributed by atoms with Crippen LogP contribution >= 0.6 is 69.6 Å². The van der Waals surface area contributed by atoms with Gasteiger partial charge in [-0.1, -0.05) is 69.6 Å². The molecule has 26 heavy (non-hydrogen) atoms. The smallest absolute Gasteiger partial charge is 0.152 e. The van der Waals surface area contributed by atoms with E-state index >= 15 is 0 Å². The number of hydrogen-bond acceptors (Lipinski definition) is 2. The molecule has 3 aromatic rings. The Morgan fingerprint density at radius 1 is 0.731 bits per heavy atom. The number of aldehydes is 1. The van der Waals surface area contributed by atoms with Crippen molar-refractivity contribution in [2.45, 2.75) is 0 Å². The summed E-state index contributed by atoms with van der Waals surface area (Å²) in [5.74, 6) is 0. The molecule has 0 aliphatic rings. The van der Waals surface area contributed by atoms with E-state index in [1.54, 1.807) is 24.4 Å². The van der Waals surface area contributed by atoms with Crippen LogP contribution in [0.25, 0.3) is 22.4 Å². The lowest BCUT2D eigenvalue weighted by atomic mass is 10.0. The molecule has 0 bridgehead atoms. The van der Waals surface area contributed by atoms with Crippen LogP contribution in [0.5, 0.6) is 0 Å². The summed E-state index contributed by atoms with van der Waals surface area (Å²) in [5, 5.41) is 1.92. The summed E-state index contributed by atoms with van der Waals surface area (Å²) >= 11 is 36.7. The Labute approximate surface area is 179 Å². The summed E-state index contributed by atoms with van der Waals surface area (Å²) < 4.78 is 0. The van der Waals surface area contributed by atoms with E-state index in [2.05, 4.69) is 4.98 Å². The molecular formula is C18H7Cl6NO. The Balaban J connectivity index is 2.21. The van der Waals surface area contributed by atoms with Gasteiger partial charge in [-0.2, -0.15) is 0 Å². The van der Waals surface area contributed by atoms with Gasteiger partial charge >= 0.3 is 0 Å². The standard InChI is InChI=1S/C18H7Cl6NO/c19-10-2-12(16(23)14(21)4-10)8-1-9(7-26)18(25-6-8)13-3-11(20)5-15(22)17(13)24/h1-7H. The quantitative estimate of drug-likeness (QED) is 0.288. The highest BCUT2D eigenvalue weighted by Crippen LogP contribution is 2.40. The average Bonchev–Trinajstić information content (AvgIpc) is 2.60. The lowest BCUT2D eigenvalue weighted by molar-refractivity contribution is 0.112. The molecule has 2 aromatic carbocycles. The second kappa shape index (κ2) is 7.93. The van der Waals surface area contributed by atoms with E-state index in [0.717, 1.165) is 0 Å². The Bertz CT molecular complexity index is 1030. The first-order chi connectivity index (χ1) is 12.3. The molecule has 0 saturated heterocycles. The number of halogens is 6. The first-order valence-corrected chi connectivity index (χ1v) is 9.33. The van der Waals surface area contributed by atoms with E-state index < -0.39 is 0 Å². The predicted octanol–water partition coefficient (Wildman–Crippen LogP) is 8.15. The second-order valence-electron chi connectivity index (χ2n) is 5.28. The molecule has 0 spiro atoms. The van der Waals surface area contributed by atoms with E-state index in [1.807, 2.05) is 0 Å². The van der Waals surface area contributed by atoms with Crippen LogP contribution in [0.1, 0.15) is 10.4 Å². The number of aromatic nitrogens is 1. The molecule has 132 valence electrons. The maximum Gasteiger partial charge on any atom is 0.152 e. The fourth-order valence-corrected chi connectivity index (χ4v) is 3.84. The zero-order valence-corrected chi connectivity index (χ0v) is 17.2. The Morgan fingerprint density at radius 3 is 1.85 bits per heavy atom. The van der Waals surface area contributed by atoms with Crippen LogP contribution in [0.15, 0.2) is 36.5 Å². The zero-order valence-electron chi connectivity index (χ0n) is 12.7. The maximum atomic E-state index is 11.6. The van der Waals surface area contributed by atoms with Gasteiger partial charge in [-0.3, -0.25) is 9.78 Å². The predicted molar refractivity (Wildman–Crippen MR) is 111 cm³/mol. The Kier molecular flexibility index (Phi) is 6.03. The molecule has 8 heteroatoms. The van der Waals surface area contributed by atoms with Crippen molar-refractivity contribution in [1.29, 1.82) is 0 Å². The van der Waals surface area contributed by atoms with Crippen LogP contribution in [-0.4, -0.2) is 11.3 Å². The number of nitrogens with zero attached hydrogens (tertiary/aromatic N) is 1. The molecule has 2 nitrogen and oxygen atoms in total. The number of carbonyl (C=O) groups excluding carboxylic acids is 1. The minimum atomic E-state index is 0.253. The van der Waals surface area contributed by atoms with Gasteiger partial charge in [0.25, 0.3) is 0 Å². The SMILES string of the molecule is O=Cc1cc(-c2cc(Cl)cc(Cl)c2Cl)cnc1-c1cc(Cl)cc(Cl)c1Cl. The van der Waals surface area contributed by atoms with E-state index in [4.69, 9.17) is 69.6 Å². The largest absolute Gasteiger partial charge is 0.298 e. The molecule has 0 unspecified atom stereocenters. The molecule has 0 amide bonds. The Hall–Kier alpha value is -1.000. The summed E-state index contributed by atoms with van der Waals surface area (Å²) in [6.45, 7) is 0. The summed E-state index contributed by atoms with van der Waals surface area (Å²) in [5.41, 5.74) is 2.22. The van der Waals surface area contributed by atoms with Gasteiger partial charge in [-0.25, -0.2) is 0 Å². The number of benzene rings is 2. The summed E-state index contributed by atoms with van der Waals surface area (Å²) in [6.07, 6.45) is 2.21. The fraction of sp³-hybridized carbons (Fsp3) is 0. The van der Waals surface area contributed by atoms with Gasteiger partial charge in [0.2, 0.25) is 0 Å². The highest BCUT2D eigenvalue weighted by molar-refractivity contribution is 6.45. The van der Waals surface area contributed by atoms with Crippen molar-refractivity contribution in [3.63, 3.8) is 0 Å². The van der Waals surface area contributed by atoms with E-state index in [9.17, 15) is 4.79 Å². The van der Waals surface area contributed by atoms with Gasteiger partial charge in [0.05, 0.1) is 25.8 Å². The van der Waals surface area contributed by atoms with Gasteiger partial charge in [0, 0.05) is 38.5 Å². The fourth-order valence-electron chi connectivity index (χ4n) is 2.44. The minimum Gasteiger partial charge on any atom is -0.298 e. The Morgan fingerprint density at radius 2 is 1.27 bits per heavy atom. The first-order valence-electron chi connectivity index (χ1n) is 7.07. The van der Waals surface area contributed by atoms with Gasteiger partial charge < -0.3 is 0 Å². The molecule has 0 aliphatic heterocycles. The summed E-state index contributed by atoms with van der Waals surface area (Å²) in [7, 11) is 0. The topological polar surface area (TPSA) is 30.0 Å². The van der Waals surface area contributed by atoms with Crippen molar-refractivity contribution in [2.24, 2.45) is 0 Å². The molecular weight excluding hydrogens is 459 g/mol. The zero-order chi connectivity index (χ0) is 19.0. The maximum absolute atomic E-state index is 11.6. The van der Waals surface area contributed by atoms with Crippen LogP contribution in [0.3, 0.4) is 0 Å². The third-order valence-electron chi connectivity index (χ3n) is 3.60. The average molecular weight is 466 g/mol. The molecule has 0 atom stereocenters. The van der Waals surface area contributed by atoms with E-state index in [-0.39, 0.29) is 15.6 Å². The van der Waals surface area contributed by atoms with Crippen molar-refractivity contribution >= 4 is 75.9 Å². The van der Waals surface area contributed by atoms with E-state index in [1.165, 1.54) is 12.1 Å². The van der Waals surface area contributed by atoms with Crippen molar-refractivity contribution in [3.8, 4) is 22.4 Å². The lowest BCUT2D eigenvalue weighted by Crippen LogP contribution is -1.95. The van der Waals surface area contributed by atoms with E-state index in [0.29, 0.717) is 48.8 Å². The normalized spacial score (nSPS) is 10.8. The summed E-state index contributed by atoms with van der Waals surface area (Å²) in [4.78, 5) is 16.0. The monoisotopic (exact) mass is 463 g/mol. The number of rotatable bonds is 3. The minimum absolute atomic E-state index is 0.253. The highest BCUT2D eigenvalue weighted by atomic mass is 35.5. The van der Waals surface area contributed by atoms with Crippen LogP contribution < -0.4 is 0 Å². The molecule has 3 rings (SSSR count). The van der Waals surface area contributed by atoms with Crippen LogP contribution in [-0.2, 0) is 0 Å².